The molecule has 0 radical (unpaired) electrons. The van der Waals surface area contributed by atoms with E-state index in [4.69, 9.17) is 0 Å². The Bertz CT molecular complexity index is 300. The van der Waals surface area contributed by atoms with Gasteiger partial charge in [0.05, 0.1) is 0 Å². The summed E-state index contributed by atoms with van der Waals surface area (Å²) in [5.74, 6) is 0. The van der Waals surface area contributed by atoms with Crippen molar-refractivity contribution in [1.82, 2.24) is 0 Å². The van der Waals surface area contributed by atoms with Crippen molar-refractivity contribution >= 4 is 26.9 Å². The first kappa shape index (κ1) is 11.8. The second-order valence-electron chi connectivity index (χ2n) is 4.27. The van der Waals surface area contributed by atoms with Gasteiger partial charge in [-0.2, -0.15) is 0 Å². The molecule has 0 aromatic carbocycles. The Labute approximate surface area is 99.7 Å². The van der Waals surface area contributed by atoms with Crippen LogP contribution in [0.2, 0.25) is 13.1 Å². The van der Waals surface area contributed by atoms with Crippen LogP contribution in [0.25, 0.3) is 0 Å². The van der Waals surface area contributed by atoms with Crippen LogP contribution in [0.15, 0.2) is 46.8 Å². The molecule has 0 atom stereocenters. The van der Waals surface area contributed by atoms with Crippen LogP contribution in [0.5, 0.6) is 0 Å². The predicted molar refractivity (Wildman–Crippen MR) is 68.3 cm³/mol. The summed E-state index contributed by atoms with van der Waals surface area (Å²) in [4.78, 5) is 0. The molecule has 0 saturated heterocycles. The van der Waals surface area contributed by atoms with Gasteiger partial charge in [-0.05, 0) is 12.8 Å². The van der Waals surface area contributed by atoms with E-state index in [1.807, 2.05) is 0 Å². The van der Waals surface area contributed by atoms with Gasteiger partial charge in [0.1, 0.15) is 8.07 Å². The molecular weight excluding hydrogens is 179 g/mol. The first-order chi connectivity index (χ1) is 6.21. The molecule has 0 nitrogen and oxygen atoms in total. The molecule has 0 bridgehead atoms. The van der Waals surface area contributed by atoms with Crippen molar-refractivity contribution in [1.29, 1.82) is 0 Å². The summed E-state index contributed by atoms with van der Waals surface area (Å²) in [6.45, 7) is 4.93. The Kier molecular flexibility index (Phi) is 3.83. The quantitative estimate of drug-likeness (QED) is 0.596. The van der Waals surface area contributed by atoms with Crippen molar-refractivity contribution in [3.63, 3.8) is 0 Å². The Morgan fingerprint density at radius 3 is 1.64 bits per heavy atom. The maximum atomic E-state index is 2.46. The molecule has 0 fully saturated rings. The fourth-order valence-corrected chi connectivity index (χ4v) is 4.72. The molecule has 70 valence electrons. The van der Waals surface area contributed by atoms with Crippen molar-refractivity contribution in [2.24, 2.45) is 0 Å². The maximum absolute atomic E-state index is 2.46. The molecule has 0 heterocycles. The zero-order chi connectivity index (χ0) is 9.31. The molecule has 0 spiro atoms. The molecule has 0 N–H and O–H groups in total. The first-order valence-electron chi connectivity index (χ1n) is 4.93. The van der Waals surface area contributed by atoms with Crippen molar-refractivity contribution in [2.45, 2.75) is 25.9 Å². The van der Waals surface area contributed by atoms with Crippen LogP contribution in [0.1, 0.15) is 12.8 Å². The first-order valence-corrected chi connectivity index (χ1v) is 7.93. The van der Waals surface area contributed by atoms with Crippen molar-refractivity contribution in [3.05, 3.63) is 46.8 Å². The van der Waals surface area contributed by atoms with Gasteiger partial charge >= 0.3 is 18.9 Å². The van der Waals surface area contributed by atoms with Crippen LogP contribution in [-0.2, 0) is 0 Å². The van der Waals surface area contributed by atoms with E-state index < -0.39 is 8.07 Å². The average molecular weight is 196 g/mol. The summed E-state index contributed by atoms with van der Waals surface area (Å²) in [6, 6.07) is 0. The molecule has 0 amide bonds. The molecule has 0 unspecified atom stereocenters. The molecule has 2 rings (SSSR count). The topological polar surface area (TPSA) is 0 Å². The minimum absolute atomic E-state index is 0. The average Bonchev–Trinajstić information content (AvgIpc) is 2.78. The van der Waals surface area contributed by atoms with Crippen molar-refractivity contribution in [3.8, 4) is 0 Å². The van der Waals surface area contributed by atoms with Crippen LogP contribution in [0.4, 0.5) is 0 Å². The van der Waals surface area contributed by atoms with Crippen LogP contribution in [-0.4, -0.2) is 26.9 Å². The second kappa shape index (κ2) is 4.53. The number of hydrogen-bond donors (Lipinski definition) is 0. The van der Waals surface area contributed by atoms with Gasteiger partial charge in [-0.1, -0.05) is 59.9 Å². The van der Waals surface area contributed by atoms with Crippen molar-refractivity contribution < 1.29 is 0 Å². The van der Waals surface area contributed by atoms with E-state index in [0.717, 1.165) is 0 Å². The summed E-state index contributed by atoms with van der Waals surface area (Å²) >= 11 is 0. The molecule has 0 aromatic heterocycles. The third-order valence-electron chi connectivity index (χ3n) is 3.15. The Morgan fingerprint density at radius 1 is 0.929 bits per heavy atom. The summed E-state index contributed by atoms with van der Waals surface area (Å²) in [7, 11) is -1.24. The SMILES string of the molecule is C[Si](C)(C1=CC=CC1)C1=CC=CC1.[LiH]. The van der Waals surface area contributed by atoms with E-state index in [9.17, 15) is 0 Å². The molecular formula is C12H17LiSi. The third kappa shape index (κ3) is 2.06. The number of rotatable bonds is 2. The fraction of sp³-hybridized carbons (Fsp3) is 0.333. The van der Waals surface area contributed by atoms with Gasteiger partial charge in [0.2, 0.25) is 0 Å². The van der Waals surface area contributed by atoms with E-state index in [-0.39, 0.29) is 18.9 Å². The second-order valence-corrected chi connectivity index (χ2v) is 8.81. The van der Waals surface area contributed by atoms with Gasteiger partial charge in [-0.3, -0.25) is 0 Å². The van der Waals surface area contributed by atoms with E-state index in [0.29, 0.717) is 0 Å². The molecule has 2 aliphatic carbocycles. The van der Waals surface area contributed by atoms with Gasteiger partial charge in [-0.15, -0.1) is 0 Å². The molecule has 0 aliphatic heterocycles. The predicted octanol–water partition coefficient (Wildman–Crippen LogP) is 2.90. The Morgan fingerprint density at radius 2 is 1.36 bits per heavy atom. The van der Waals surface area contributed by atoms with Gasteiger partial charge in [0.15, 0.2) is 0 Å². The van der Waals surface area contributed by atoms with Crippen LogP contribution in [0.3, 0.4) is 0 Å². The summed E-state index contributed by atoms with van der Waals surface area (Å²) in [5, 5.41) is 3.37. The van der Waals surface area contributed by atoms with Gasteiger partial charge in [0.25, 0.3) is 0 Å². The minimum atomic E-state index is -1.24. The molecule has 2 aliphatic rings. The van der Waals surface area contributed by atoms with Crippen LogP contribution >= 0.6 is 0 Å². The number of allylic oxidation sites excluding steroid dienone is 8. The van der Waals surface area contributed by atoms with E-state index >= 15 is 0 Å². The molecule has 0 saturated carbocycles. The zero-order valence-electron chi connectivity index (χ0n) is 8.38. The van der Waals surface area contributed by atoms with Gasteiger partial charge in [-0.25, -0.2) is 0 Å². The molecule has 2 heteroatoms. The summed E-state index contributed by atoms with van der Waals surface area (Å²) in [5.41, 5.74) is 0. The van der Waals surface area contributed by atoms with E-state index in [1.54, 1.807) is 10.4 Å². The standard InChI is InChI=1S/C12H16Si.Li.H/c1-13(2,11-7-3-4-8-11)12-9-5-6-10-12;;/h3-7,9H,8,10H2,1-2H3;;. The monoisotopic (exact) mass is 196 g/mol. The fourth-order valence-electron chi connectivity index (χ4n) is 2.03. The Hall–Kier alpha value is -0.226. The molecule has 14 heavy (non-hydrogen) atoms. The van der Waals surface area contributed by atoms with Crippen LogP contribution < -0.4 is 0 Å². The van der Waals surface area contributed by atoms with E-state index in [1.165, 1.54) is 12.8 Å². The molecule has 0 aromatic rings. The summed E-state index contributed by atoms with van der Waals surface area (Å²) < 4.78 is 0. The number of hydrogen-bond acceptors (Lipinski definition) is 0. The van der Waals surface area contributed by atoms with Gasteiger partial charge in [0, 0.05) is 0 Å². The normalized spacial score (nSPS) is 19.3. The van der Waals surface area contributed by atoms with Gasteiger partial charge < -0.3 is 0 Å². The summed E-state index contributed by atoms with van der Waals surface area (Å²) in [6.07, 6.45) is 16.0. The van der Waals surface area contributed by atoms with E-state index in [2.05, 4.69) is 49.6 Å². The van der Waals surface area contributed by atoms with Crippen molar-refractivity contribution in [2.75, 3.05) is 0 Å². The zero-order valence-corrected chi connectivity index (χ0v) is 9.38. The third-order valence-corrected chi connectivity index (χ3v) is 7.10. The van der Waals surface area contributed by atoms with Crippen LogP contribution in [0, 0.1) is 0 Å². The Balaban J connectivity index is 0.000000980.